The number of nitrogens with zero attached hydrogens (tertiary/aromatic N) is 7. The molecule has 0 radical (unpaired) electrons. The predicted molar refractivity (Wildman–Crippen MR) is 139 cm³/mol. The monoisotopic (exact) mass is 561 g/mol. The van der Waals surface area contributed by atoms with E-state index in [1.54, 1.807) is 15.5 Å². The Morgan fingerprint density at radius 3 is 2.58 bits per heavy atom. The SMILES string of the molecule is CC(C)OC(=O)N1CCC2(CC1)CN(c1nn3c(-c4cccc(OC(F)(F)F)c4)nnc3c3c1OCCN3C)C2. The molecule has 5 heterocycles. The molecule has 2 fully saturated rings. The maximum atomic E-state index is 12.8. The van der Waals surface area contributed by atoms with E-state index in [-0.39, 0.29) is 29.2 Å². The summed E-state index contributed by atoms with van der Waals surface area (Å²) in [6, 6.07) is 5.60. The van der Waals surface area contributed by atoms with Crippen LogP contribution in [-0.4, -0.2) is 89.6 Å². The van der Waals surface area contributed by atoms with E-state index >= 15 is 0 Å². The first-order valence-electron chi connectivity index (χ1n) is 13.2. The van der Waals surface area contributed by atoms with Crippen LogP contribution in [0.4, 0.5) is 29.5 Å². The van der Waals surface area contributed by atoms with Gasteiger partial charge in [-0.15, -0.1) is 28.5 Å². The summed E-state index contributed by atoms with van der Waals surface area (Å²) in [6.07, 6.45) is -3.54. The number of halogens is 3. The van der Waals surface area contributed by atoms with E-state index in [9.17, 15) is 18.0 Å². The average molecular weight is 562 g/mol. The van der Waals surface area contributed by atoms with Crippen LogP contribution >= 0.6 is 0 Å². The van der Waals surface area contributed by atoms with E-state index in [2.05, 4.69) is 19.8 Å². The molecular formula is C26H30F3N7O4. The zero-order chi connectivity index (χ0) is 28.2. The Bertz CT molecular complexity index is 1430. The molecule has 0 unspecified atom stereocenters. The quantitative estimate of drug-likeness (QED) is 0.469. The number of amides is 1. The highest BCUT2D eigenvalue weighted by Crippen LogP contribution is 2.48. The first kappa shape index (κ1) is 26.3. The van der Waals surface area contributed by atoms with Crippen LogP contribution in [0.3, 0.4) is 0 Å². The highest BCUT2D eigenvalue weighted by molar-refractivity contribution is 5.83. The second-order valence-electron chi connectivity index (χ2n) is 10.9. The van der Waals surface area contributed by atoms with Crippen LogP contribution in [-0.2, 0) is 4.74 Å². The summed E-state index contributed by atoms with van der Waals surface area (Å²) >= 11 is 0. The van der Waals surface area contributed by atoms with Crippen molar-refractivity contribution in [3.05, 3.63) is 24.3 Å². The summed E-state index contributed by atoms with van der Waals surface area (Å²) in [7, 11) is 1.93. The number of piperidine rings is 1. The summed E-state index contributed by atoms with van der Waals surface area (Å²) in [5.41, 5.74) is 1.61. The van der Waals surface area contributed by atoms with Crippen molar-refractivity contribution < 1.29 is 32.2 Å². The van der Waals surface area contributed by atoms with Gasteiger partial charge in [-0.25, -0.2) is 4.79 Å². The number of likely N-dealkylation sites (N-methyl/N-ethyl adjacent to an activating group) is 1. The number of hydrogen-bond acceptors (Lipinski definition) is 9. The third-order valence-corrected chi connectivity index (χ3v) is 7.62. The summed E-state index contributed by atoms with van der Waals surface area (Å²) in [6.45, 7) is 7.55. The lowest BCUT2D eigenvalue weighted by Crippen LogP contribution is -2.61. The molecule has 1 spiro atoms. The van der Waals surface area contributed by atoms with Crippen LogP contribution in [0.2, 0.25) is 0 Å². The minimum atomic E-state index is -4.81. The highest BCUT2D eigenvalue weighted by Gasteiger charge is 2.48. The van der Waals surface area contributed by atoms with Crippen molar-refractivity contribution in [1.29, 1.82) is 0 Å². The van der Waals surface area contributed by atoms with Gasteiger partial charge in [-0.05, 0) is 38.8 Å². The number of anilines is 2. The fraction of sp³-hybridized carbons (Fsp3) is 0.538. The third-order valence-electron chi connectivity index (χ3n) is 7.62. The van der Waals surface area contributed by atoms with E-state index in [1.165, 1.54) is 18.2 Å². The maximum absolute atomic E-state index is 12.8. The van der Waals surface area contributed by atoms with Crippen LogP contribution in [0.5, 0.6) is 11.5 Å². The minimum Gasteiger partial charge on any atom is -0.486 e. The molecule has 1 aromatic carbocycles. The van der Waals surface area contributed by atoms with Gasteiger partial charge in [0.2, 0.25) is 5.65 Å². The second kappa shape index (κ2) is 9.59. The lowest BCUT2D eigenvalue weighted by atomic mass is 9.72. The van der Waals surface area contributed by atoms with E-state index in [1.807, 2.05) is 25.8 Å². The average Bonchev–Trinajstić information content (AvgIpc) is 3.29. The van der Waals surface area contributed by atoms with Gasteiger partial charge in [0, 0.05) is 44.2 Å². The van der Waals surface area contributed by atoms with Crippen LogP contribution in [0, 0.1) is 5.41 Å². The Morgan fingerprint density at radius 2 is 1.88 bits per heavy atom. The van der Waals surface area contributed by atoms with Gasteiger partial charge in [-0.3, -0.25) is 0 Å². The van der Waals surface area contributed by atoms with Crippen LogP contribution in [0.1, 0.15) is 26.7 Å². The van der Waals surface area contributed by atoms with E-state index < -0.39 is 6.36 Å². The third kappa shape index (κ3) is 4.79. The number of rotatable bonds is 4. The molecule has 0 aliphatic carbocycles. The molecule has 3 aromatic rings. The molecule has 14 heteroatoms. The molecule has 0 saturated carbocycles. The van der Waals surface area contributed by atoms with Gasteiger partial charge in [-0.2, -0.15) is 4.52 Å². The molecule has 3 aliphatic rings. The normalized spacial score (nSPS) is 18.5. The number of alkyl halides is 3. The Kier molecular flexibility index (Phi) is 6.30. The van der Waals surface area contributed by atoms with Crippen molar-refractivity contribution in [3.8, 4) is 22.9 Å². The fourth-order valence-electron chi connectivity index (χ4n) is 5.63. The number of carbonyl (C=O) groups is 1. The van der Waals surface area contributed by atoms with Gasteiger partial charge >= 0.3 is 12.5 Å². The molecule has 214 valence electrons. The van der Waals surface area contributed by atoms with Crippen molar-refractivity contribution in [3.63, 3.8) is 0 Å². The number of likely N-dealkylation sites (tertiary alicyclic amines) is 1. The molecule has 0 bridgehead atoms. The fourth-order valence-corrected chi connectivity index (χ4v) is 5.63. The Balaban J connectivity index is 1.30. The predicted octanol–water partition coefficient (Wildman–Crippen LogP) is 3.97. The van der Waals surface area contributed by atoms with Gasteiger partial charge in [0.1, 0.15) is 18.0 Å². The molecule has 0 atom stereocenters. The van der Waals surface area contributed by atoms with Crippen LogP contribution < -0.4 is 19.3 Å². The summed E-state index contributed by atoms with van der Waals surface area (Å²) in [4.78, 5) is 18.3. The van der Waals surface area contributed by atoms with Gasteiger partial charge in [-0.1, -0.05) is 12.1 Å². The van der Waals surface area contributed by atoms with Crippen LogP contribution in [0.25, 0.3) is 17.0 Å². The number of ether oxygens (including phenoxy) is 3. The zero-order valence-corrected chi connectivity index (χ0v) is 22.4. The van der Waals surface area contributed by atoms with Gasteiger partial charge in [0.25, 0.3) is 0 Å². The number of fused-ring (bicyclic) bond motifs is 3. The van der Waals surface area contributed by atoms with Gasteiger partial charge in [0.05, 0.1) is 12.6 Å². The largest absolute Gasteiger partial charge is 0.573 e. The topological polar surface area (TPSA) is 97.6 Å². The lowest BCUT2D eigenvalue weighted by Gasteiger charge is -2.54. The first-order chi connectivity index (χ1) is 19.0. The number of benzene rings is 1. The first-order valence-corrected chi connectivity index (χ1v) is 13.2. The van der Waals surface area contributed by atoms with E-state index in [4.69, 9.17) is 14.6 Å². The van der Waals surface area contributed by atoms with E-state index in [0.29, 0.717) is 49.0 Å². The molecule has 3 aliphatic heterocycles. The summed E-state index contributed by atoms with van der Waals surface area (Å²) in [5, 5.41) is 13.5. The van der Waals surface area contributed by atoms with E-state index in [0.717, 1.165) is 31.6 Å². The molecule has 2 saturated heterocycles. The number of carbonyl (C=O) groups excluding carboxylic acids is 1. The van der Waals surface area contributed by atoms with Crippen molar-refractivity contribution in [2.45, 2.75) is 39.2 Å². The highest BCUT2D eigenvalue weighted by atomic mass is 19.4. The minimum absolute atomic E-state index is 0.0536. The number of aromatic nitrogens is 4. The summed E-state index contributed by atoms with van der Waals surface area (Å²) in [5.74, 6) is 1.18. The van der Waals surface area contributed by atoms with Crippen molar-refractivity contribution in [1.82, 2.24) is 24.7 Å². The Labute approximate surface area is 228 Å². The molecule has 2 aromatic heterocycles. The second-order valence-corrected chi connectivity index (χ2v) is 10.9. The van der Waals surface area contributed by atoms with Crippen molar-refractivity contribution >= 4 is 23.2 Å². The molecular weight excluding hydrogens is 531 g/mol. The molecule has 40 heavy (non-hydrogen) atoms. The van der Waals surface area contributed by atoms with Gasteiger partial charge in [0.15, 0.2) is 17.4 Å². The van der Waals surface area contributed by atoms with Crippen molar-refractivity contribution in [2.75, 3.05) is 56.2 Å². The standard InChI is InChI=1S/C26H30F3N7O4/c1-16(2)39-24(37)34-9-7-25(8-10-34)14-35(15-25)23-20-19(33(3)11-12-38-20)22-31-30-21(36(22)32-23)17-5-4-6-18(13-17)40-26(27,28)29/h4-6,13,16H,7-12,14-15H2,1-3H3. The number of hydrogen-bond donors (Lipinski definition) is 0. The molecule has 6 rings (SSSR count). The molecule has 1 amide bonds. The zero-order valence-electron chi connectivity index (χ0n) is 22.4. The Hall–Kier alpha value is -3.97. The van der Waals surface area contributed by atoms with Gasteiger partial charge < -0.3 is 28.9 Å². The van der Waals surface area contributed by atoms with Crippen LogP contribution in [0.15, 0.2) is 24.3 Å². The molecule has 0 N–H and O–H groups in total. The van der Waals surface area contributed by atoms with Crippen molar-refractivity contribution in [2.24, 2.45) is 5.41 Å². The lowest BCUT2D eigenvalue weighted by molar-refractivity contribution is -0.274. The summed E-state index contributed by atoms with van der Waals surface area (Å²) < 4.78 is 55.6. The Morgan fingerprint density at radius 1 is 1.12 bits per heavy atom. The molecule has 11 nitrogen and oxygen atoms in total. The smallest absolute Gasteiger partial charge is 0.486 e. The maximum Gasteiger partial charge on any atom is 0.573 e.